The molecular weight excluding hydrogens is 785 g/mol. The maximum absolute atomic E-state index is 6.68. The number of nitrogens with zero attached hydrogens (tertiary/aromatic N) is 4. The van der Waals surface area contributed by atoms with E-state index < -0.39 is 0 Å². The first kappa shape index (κ1) is 36.0. The quantitative estimate of drug-likeness (QED) is 0.113. The fraction of sp³-hybridized carbons (Fsp3) is 0. The third kappa shape index (κ3) is 5.73. The molecule has 0 radical (unpaired) electrons. The molecule has 2 aliphatic heterocycles. The second kappa shape index (κ2) is 14.4. The predicted octanol–water partition coefficient (Wildman–Crippen LogP) is 15.6. The second-order valence-electron chi connectivity index (χ2n) is 16.1. The Balaban J connectivity index is 0.856. The van der Waals surface area contributed by atoms with Gasteiger partial charge in [0.2, 0.25) is 11.8 Å². The molecule has 0 amide bonds. The molecule has 0 saturated carbocycles. The summed E-state index contributed by atoms with van der Waals surface area (Å²) in [6, 6.07) is 75.8. The van der Waals surface area contributed by atoms with E-state index in [-0.39, 0.29) is 0 Å². The van der Waals surface area contributed by atoms with Crippen molar-refractivity contribution in [1.29, 1.82) is 0 Å². The monoisotopic (exact) mass is 820 g/mol. The zero-order valence-electron chi connectivity index (χ0n) is 34.4. The number of hydrogen-bond acceptors (Lipinski definition) is 6. The smallest absolute Gasteiger partial charge is 0.227 e. The van der Waals surface area contributed by atoms with Crippen molar-refractivity contribution < 1.29 is 9.47 Å². The molecule has 2 heterocycles. The molecule has 11 aromatic rings. The topological polar surface area (TPSA) is 49.7 Å². The van der Waals surface area contributed by atoms with Crippen LogP contribution in [0.4, 0.5) is 45.5 Å². The van der Waals surface area contributed by atoms with Gasteiger partial charge in [-0.05, 0) is 155 Å². The second-order valence-corrected chi connectivity index (χ2v) is 16.1. The molecule has 6 nitrogen and oxygen atoms in total. The summed E-state index contributed by atoms with van der Waals surface area (Å²) in [5.74, 6) is 2.75. The van der Waals surface area contributed by atoms with Gasteiger partial charge in [0.1, 0.15) is 11.5 Å². The number of benzene rings is 11. The van der Waals surface area contributed by atoms with Crippen molar-refractivity contribution in [2.75, 3.05) is 9.80 Å². The van der Waals surface area contributed by atoms with Crippen molar-refractivity contribution in [3.63, 3.8) is 0 Å². The molecule has 300 valence electrons. The van der Waals surface area contributed by atoms with Crippen LogP contribution < -0.4 is 19.3 Å². The Bertz CT molecular complexity index is 3290. The van der Waals surface area contributed by atoms with Crippen molar-refractivity contribution >= 4 is 100 Å². The van der Waals surface area contributed by atoms with Crippen LogP contribution in [0.25, 0.3) is 43.1 Å². The molecule has 0 aromatic heterocycles. The molecule has 6 heteroatoms. The molecule has 64 heavy (non-hydrogen) atoms. The molecule has 11 aromatic carbocycles. The van der Waals surface area contributed by atoms with Gasteiger partial charge >= 0.3 is 0 Å². The molecule has 2 aliphatic rings. The summed E-state index contributed by atoms with van der Waals surface area (Å²) in [5.41, 5.74) is 10.0. The molecule has 13 rings (SSSR count). The minimum absolute atomic E-state index is 0.577. The lowest BCUT2D eigenvalue weighted by Crippen LogP contribution is -2.14. The number of hydrogen-bond donors (Lipinski definition) is 0. The summed E-state index contributed by atoms with van der Waals surface area (Å²) in [6.45, 7) is 0. The summed E-state index contributed by atoms with van der Waals surface area (Å²) in [5, 5.41) is 8.91. The first-order chi connectivity index (χ1) is 31.7. The third-order valence-electron chi connectivity index (χ3n) is 12.4. The average Bonchev–Trinajstić information content (AvgIpc) is 3.36. The zero-order chi connectivity index (χ0) is 42.1. The number of fused-ring (bicyclic) bond motifs is 2. The molecule has 0 N–H and O–H groups in total. The van der Waals surface area contributed by atoms with Crippen molar-refractivity contribution in [3.05, 3.63) is 230 Å². The van der Waals surface area contributed by atoms with Gasteiger partial charge in [-0.3, -0.25) is 0 Å². The van der Waals surface area contributed by atoms with Gasteiger partial charge in [0.05, 0.1) is 22.1 Å². The van der Waals surface area contributed by atoms with Crippen LogP contribution in [0.2, 0.25) is 0 Å². The van der Waals surface area contributed by atoms with Crippen LogP contribution in [0.3, 0.4) is 0 Å². The summed E-state index contributed by atoms with van der Waals surface area (Å²) in [4.78, 5) is 14.8. The van der Waals surface area contributed by atoms with E-state index in [0.717, 1.165) is 111 Å². The first-order valence-electron chi connectivity index (χ1n) is 21.5. The van der Waals surface area contributed by atoms with Gasteiger partial charge < -0.3 is 19.3 Å². The van der Waals surface area contributed by atoms with E-state index in [0.29, 0.717) is 11.8 Å². The minimum atomic E-state index is 0.577. The van der Waals surface area contributed by atoms with Crippen molar-refractivity contribution in [2.45, 2.75) is 0 Å². The maximum Gasteiger partial charge on any atom is 0.227 e. The van der Waals surface area contributed by atoms with Crippen LogP contribution >= 0.6 is 0 Å². The summed E-state index contributed by atoms with van der Waals surface area (Å²) < 4.78 is 13.4. The number of anilines is 6. The van der Waals surface area contributed by atoms with E-state index in [2.05, 4.69) is 204 Å². The van der Waals surface area contributed by atoms with E-state index in [1.807, 2.05) is 24.3 Å². The standard InChI is InChI=1S/C58H36N4O2/c1-5-13-39(14-6-1)61(40-15-7-2-8-16-40)43-25-21-37(22-26-43)57-59-49-33-29-45-46-30-34-50-56-52(36-32-48(54(46)56)47-31-35-51(63-57)55(49)53(45)47)64-58(60-50)38-23-27-44(28-24-38)62(41-17-9-3-10-18-41)42-19-11-4-12-20-42/h1-36H. The first-order valence-corrected chi connectivity index (χ1v) is 21.5. The highest BCUT2D eigenvalue weighted by Crippen LogP contribution is 2.51. The lowest BCUT2D eigenvalue weighted by atomic mass is 9.88. The van der Waals surface area contributed by atoms with Gasteiger partial charge in [0, 0.05) is 56.0 Å². The fourth-order valence-electron chi connectivity index (χ4n) is 9.58. The highest BCUT2D eigenvalue weighted by molar-refractivity contribution is 6.37. The molecule has 0 fully saturated rings. The van der Waals surface area contributed by atoms with E-state index in [9.17, 15) is 0 Å². The molecule has 0 spiro atoms. The Labute approximate surface area is 369 Å². The van der Waals surface area contributed by atoms with Gasteiger partial charge in [-0.15, -0.1) is 0 Å². The lowest BCUT2D eigenvalue weighted by Gasteiger charge is -2.26. The zero-order valence-corrected chi connectivity index (χ0v) is 34.4. The van der Waals surface area contributed by atoms with Crippen LogP contribution in [-0.2, 0) is 0 Å². The molecule has 0 saturated heterocycles. The van der Waals surface area contributed by atoms with E-state index in [1.165, 1.54) is 0 Å². The van der Waals surface area contributed by atoms with E-state index >= 15 is 0 Å². The highest BCUT2D eigenvalue weighted by atomic mass is 16.5. The van der Waals surface area contributed by atoms with Crippen LogP contribution in [0.1, 0.15) is 11.1 Å². The molecule has 0 atom stereocenters. The normalized spacial score (nSPS) is 12.8. The summed E-state index contributed by atoms with van der Waals surface area (Å²) >= 11 is 0. The molecular formula is C58H36N4O2. The average molecular weight is 821 g/mol. The van der Waals surface area contributed by atoms with E-state index in [4.69, 9.17) is 19.5 Å². The number of para-hydroxylation sites is 4. The Morgan fingerprint density at radius 1 is 0.266 bits per heavy atom. The van der Waals surface area contributed by atoms with Crippen LogP contribution in [0.15, 0.2) is 228 Å². The fourth-order valence-corrected chi connectivity index (χ4v) is 9.58. The SMILES string of the molecule is c1ccc(N(c2ccccc2)c2ccc(C3=Nc4ccc5c6ccc7c8c(ccc(c9ccc(c4c59)O3)c86)OC(c3ccc(N(c4ccccc4)c4ccccc4)cc3)=N7)cc2)cc1. The van der Waals surface area contributed by atoms with Crippen LogP contribution in [0, 0.1) is 0 Å². The maximum atomic E-state index is 6.68. The predicted molar refractivity (Wildman–Crippen MR) is 264 cm³/mol. The highest BCUT2D eigenvalue weighted by Gasteiger charge is 2.27. The van der Waals surface area contributed by atoms with Crippen molar-refractivity contribution in [2.24, 2.45) is 9.98 Å². The van der Waals surface area contributed by atoms with Gasteiger partial charge in [0.15, 0.2) is 0 Å². The van der Waals surface area contributed by atoms with Crippen molar-refractivity contribution in [1.82, 2.24) is 0 Å². The summed E-state index contributed by atoms with van der Waals surface area (Å²) in [7, 11) is 0. The van der Waals surface area contributed by atoms with Gasteiger partial charge in [-0.2, -0.15) is 0 Å². The number of ether oxygens (including phenoxy) is 2. The van der Waals surface area contributed by atoms with Gasteiger partial charge in [0.25, 0.3) is 0 Å². The minimum Gasteiger partial charge on any atom is -0.438 e. The Morgan fingerprint density at radius 3 is 0.891 bits per heavy atom. The van der Waals surface area contributed by atoms with E-state index in [1.54, 1.807) is 0 Å². The molecule has 0 unspecified atom stereocenters. The Kier molecular flexibility index (Phi) is 8.11. The third-order valence-corrected chi connectivity index (χ3v) is 12.4. The Hall–Kier alpha value is -8.74. The molecule has 0 aliphatic carbocycles. The Morgan fingerprint density at radius 2 is 0.562 bits per heavy atom. The van der Waals surface area contributed by atoms with Crippen LogP contribution in [-0.4, -0.2) is 11.8 Å². The lowest BCUT2D eigenvalue weighted by molar-refractivity contribution is 0.555. The number of aliphatic imine (C=N–C) groups is 2. The largest absolute Gasteiger partial charge is 0.438 e. The van der Waals surface area contributed by atoms with Crippen LogP contribution in [0.5, 0.6) is 11.5 Å². The molecule has 0 bridgehead atoms. The van der Waals surface area contributed by atoms with Crippen molar-refractivity contribution in [3.8, 4) is 11.5 Å². The number of rotatable bonds is 8. The van der Waals surface area contributed by atoms with Gasteiger partial charge in [-0.25, -0.2) is 9.98 Å². The summed E-state index contributed by atoms with van der Waals surface area (Å²) in [6.07, 6.45) is 0. The van der Waals surface area contributed by atoms with Gasteiger partial charge in [-0.1, -0.05) is 84.9 Å².